The Balaban J connectivity index is 0.00000300. The van der Waals surface area contributed by atoms with Crippen LogP contribution in [0.2, 0.25) is 0 Å². The van der Waals surface area contributed by atoms with Crippen LogP contribution in [0.25, 0.3) is 11.1 Å². The van der Waals surface area contributed by atoms with Gasteiger partial charge in [0.2, 0.25) is 0 Å². The van der Waals surface area contributed by atoms with Gasteiger partial charge in [-0.2, -0.15) is 13.2 Å². The van der Waals surface area contributed by atoms with E-state index in [4.69, 9.17) is 25.3 Å². The summed E-state index contributed by atoms with van der Waals surface area (Å²) in [6.45, 7) is 3.23. The SMILES string of the molecule is O=S(=O)(c1ccc(-c2ccc(N3CCN(C([S-])[S-])CC3)cc2)cc1)C(F)(F)F.[Au]. The molecule has 1 radical (unpaired) electrons. The fraction of sp³-hybridized carbons (Fsp3) is 0.333. The van der Waals surface area contributed by atoms with Crippen LogP contribution in [0.1, 0.15) is 0 Å². The van der Waals surface area contributed by atoms with Crippen molar-refractivity contribution in [3.63, 3.8) is 0 Å². The van der Waals surface area contributed by atoms with E-state index in [1.165, 1.54) is 12.1 Å². The summed E-state index contributed by atoms with van der Waals surface area (Å²) < 4.78 is 60.5. The van der Waals surface area contributed by atoms with Crippen LogP contribution in [0.3, 0.4) is 0 Å². The average Bonchev–Trinajstić information content (AvgIpc) is 2.67. The van der Waals surface area contributed by atoms with Crippen LogP contribution >= 0.6 is 0 Å². The van der Waals surface area contributed by atoms with Crippen molar-refractivity contribution in [1.29, 1.82) is 0 Å². The minimum Gasteiger partial charge on any atom is -0.800 e. The fourth-order valence-electron chi connectivity index (χ4n) is 3.02. The third-order valence-corrected chi connectivity index (χ3v) is 6.75. The van der Waals surface area contributed by atoms with Crippen LogP contribution in [0.15, 0.2) is 53.4 Å². The Morgan fingerprint density at radius 2 is 1.28 bits per heavy atom. The number of benzene rings is 2. The Labute approximate surface area is 194 Å². The standard InChI is InChI=1S/C18H19F3N2O2S3.Au/c19-18(20,21)28(24,25)16-7-3-14(4-8-16)13-1-5-15(6-2-13)22-9-11-23(12-10-22)17(26)27;/h1-8,17,26-27H,9-12H2;/p-2. The van der Waals surface area contributed by atoms with Gasteiger partial charge in [0.15, 0.2) is 0 Å². The Hall–Kier alpha value is -0.620. The number of rotatable bonds is 4. The number of alkyl halides is 3. The molecule has 1 saturated heterocycles. The van der Waals surface area contributed by atoms with E-state index < -0.39 is 20.2 Å². The minimum atomic E-state index is -5.33. The molecule has 2 aromatic carbocycles. The maximum absolute atomic E-state index is 12.6. The predicted molar refractivity (Wildman–Crippen MR) is 107 cm³/mol. The van der Waals surface area contributed by atoms with E-state index >= 15 is 0 Å². The van der Waals surface area contributed by atoms with Crippen molar-refractivity contribution in [1.82, 2.24) is 4.90 Å². The van der Waals surface area contributed by atoms with Gasteiger partial charge in [0.1, 0.15) is 0 Å². The first-order chi connectivity index (χ1) is 13.1. The van der Waals surface area contributed by atoms with Gasteiger partial charge in [-0.05, 0) is 35.4 Å². The molecule has 4 nitrogen and oxygen atoms in total. The van der Waals surface area contributed by atoms with E-state index in [-0.39, 0.29) is 27.1 Å². The molecule has 0 spiro atoms. The van der Waals surface area contributed by atoms with E-state index in [9.17, 15) is 21.6 Å². The van der Waals surface area contributed by atoms with Gasteiger partial charge in [-0.3, -0.25) is 0 Å². The molecule has 0 N–H and O–H groups in total. The Morgan fingerprint density at radius 3 is 1.69 bits per heavy atom. The number of hydrogen-bond acceptors (Lipinski definition) is 6. The normalized spacial score (nSPS) is 16.0. The zero-order valence-corrected chi connectivity index (χ0v) is 19.5. The Morgan fingerprint density at radius 1 is 0.828 bits per heavy atom. The first-order valence-corrected chi connectivity index (χ1v) is 10.8. The molecule has 0 atom stereocenters. The van der Waals surface area contributed by atoms with Crippen LogP contribution in [-0.2, 0) is 57.5 Å². The molecule has 1 aliphatic heterocycles. The maximum atomic E-state index is 12.6. The smallest absolute Gasteiger partial charge is 0.501 e. The monoisotopic (exact) mass is 643 g/mol. The van der Waals surface area contributed by atoms with Gasteiger partial charge in [0.25, 0.3) is 9.84 Å². The van der Waals surface area contributed by atoms with Crippen LogP contribution in [0.4, 0.5) is 18.9 Å². The van der Waals surface area contributed by atoms with Gasteiger partial charge in [0, 0.05) is 54.2 Å². The zero-order valence-electron chi connectivity index (χ0n) is 14.9. The van der Waals surface area contributed by atoms with Crippen molar-refractivity contribution in [2.45, 2.75) is 15.1 Å². The largest absolute Gasteiger partial charge is 0.800 e. The molecule has 11 heteroatoms. The molecule has 0 bridgehead atoms. The summed E-state index contributed by atoms with van der Waals surface area (Å²) in [6, 6.07) is 12.3. The van der Waals surface area contributed by atoms with E-state index in [1.54, 1.807) is 0 Å². The summed E-state index contributed by atoms with van der Waals surface area (Å²) in [5.74, 6) is 0. The van der Waals surface area contributed by atoms with Crippen LogP contribution < -0.4 is 4.90 Å². The summed E-state index contributed by atoms with van der Waals surface area (Å²) in [5, 5.41) is 0. The van der Waals surface area contributed by atoms with Crippen molar-refractivity contribution in [3.8, 4) is 11.1 Å². The number of hydrogen-bond donors (Lipinski definition) is 0. The van der Waals surface area contributed by atoms with Crippen LogP contribution in [0.5, 0.6) is 0 Å². The quantitative estimate of drug-likeness (QED) is 0.377. The topological polar surface area (TPSA) is 40.6 Å². The number of anilines is 1. The molecular formula is C18H17AuF3N2O2S3-2. The molecular weight excluding hydrogens is 626 g/mol. The molecule has 0 unspecified atom stereocenters. The van der Waals surface area contributed by atoms with E-state index in [1.807, 2.05) is 24.3 Å². The molecule has 2 aromatic rings. The Bertz CT molecular complexity index is 913. The van der Waals surface area contributed by atoms with Gasteiger partial charge >= 0.3 is 5.51 Å². The molecule has 0 aromatic heterocycles. The number of nitrogens with zero attached hydrogens (tertiary/aromatic N) is 2. The van der Waals surface area contributed by atoms with Gasteiger partial charge in [-0.25, -0.2) is 13.1 Å². The second-order valence-electron chi connectivity index (χ2n) is 6.35. The van der Waals surface area contributed by atoms with E-state index in [0.29, 0.717) is 5.56 Å². The van der Waals surface area contributed by atoms with Gasteiger partial charge in [0.05, 0.1) is 4.90 Å². The summed E-state index contributed by atoms with van der Waals surface area (Å²) in [4.78, 5) is 3.51. The molecule has 163 valence electrons. The van der Waals surface area contributed by atoms with Crippen molar-refractivity contribution in [2.24, 2.45) is 0 Å². The van der Waals surface area contributed by atoms with Crippen LogP contribution in [0, 0.1) is 0 Å². The van der Waals surface area contributed by atoms with Crippen LogP contribution in [-0.4, -0.2) is 49.7 Å². The van der Waals surface area contributed by atoms with E-state index in [0.717, 1.165) is 49.6 Å². The fourth-order valence-corrected chi connectivity index (χ4v) is 4.20. The van der Waals surface area contributed by atoms with Gasteiger partial charge in [-0.15, -0.1) is 0 Å². The maximum Gasteiger partial charge on any atom is 0.501 e. The molecule has 0 aliphatic carbocycles. The second-order valence-corrected chi connectivity index (χ2v) is 9.48. The molecule has 1 fully saturated rings. The van der Waals surface area contributed by atoms with Crippen molar-refractivity contribution >= 4 is 40.8 Å². The molecule has 0 saturated carbocycles. The van der Waals surface area contributed by atoms with Crippen molar-refractivity contribution in [2.75, 3.05) is 31.1 Å². The van der Waals surface area contributed by atoms with Gasteiger partial charge in [-0.1, -0.05) is 24.3 Å². The van der Waals surface area contributed by atoms with E-state index in [2.05, 4.69) is 9.80 Å². The second kappa shape index (κ2) is 9.67. The molecule has 29 heavy (non-hydrogen) atoms. The molecule has 1 aliphatic rings. The first-order valence-electron chi connectivity index (χ1n) is 8.42. The average molecular weight is 644 g/mol. The Kier molecular flexibility index (Phi) is 8.22. The summed E-state index contributed by atoms with van der Waals surface area (Å²) in [5.41, 5.74) is -2.85. The number of halogens is 3. The molecule has 0 amide bonds. The summed E-state index contributed by atoms with van der Waals surface area (Å²) in [6.07, 6.45) is 0. The van der Waals surface area contributed by atoms with Crippen molar-refractivity contribution in [3.05, 3.63) is 48.5 Å². The zero-order chi connectivity index (χ0) is 20.5. The molecule has 3 rings (SSSR count). The summed E-state index contributed by atoms with van der Waals surface area (Å²) in [7, 11) is -5.33. The third-order valence-electron chi connectivity index (χ3n) is 4.65. The minimum absolute atomic E-state index is 0. The van der Waals surface area contributed by atoms with Crippen molar-refractivity contribution < 1.29 is 44.0 Å². The van der Waals surface area contributed by atoms with Gasteiger partial charge < -0.3 is 35.1 Å². The molecule has 1 heterocycles. The summed E-state index contributed by atoms with van der Waals surface area (Å²) >= 11 is 10.2. The predicted octanol–water partition coefficient (Wildman–Crippen LogP) is 3.14. The first kappa shape index (κ1) is 24.6. The third kappa shape index (κ3) is 5.55. The number of piperazine rings is 1. The number of sulfone groups is 1.